The molecule has 0 unspecified atom stereocenters. The first kappa shape index (κ1) is 12.0. The summed E-state index contributed by atoms with van der Waals surface area (Å²) in [6.07, 6.45) is 1.03. The van der Waals surface area contributed by atoms with Crippen molar-refractivity contribution in [2.45, 2.75) is 6.92 Å². The molecule has 0 atom stereocenters. The summed E-state index contributed by atoms with van der Waals surface area (Å²) in [7, 11) is 1.59. The number of carbonyl (C=O) groups excluding carboxylic acids is 1. The summed E-state index contributed by atoms with van der Waals surface area (Å²) in [4.78, 5) is 15.7. The Labute approximate surface area is 102 Å². The summed E-state index contributed by atoms with van der Waals surface area (Å²) in [5.74, 6) is 0.0181. The molecule has 6 nitrogen and oxygen atoms in total. The molecule has 0 aromatic carbocycles. The van der Waals surface area contributed by atoms with E-state index in [1.807, 2.05) is 0 Å². The Kier molecular flexibility index (Phi) is 3.22. The van der Waals surface area contributed by atoms with Gasteiger partial charge < -0.3 is 15.2 Å². The van der Waals surface area contributed by atoms with Crippen LogP contribution in [-0.4, -0.2) is 23.1 Å². The first-order valence-corrected chi connectivity index (χ1v) is 5.18. The molecule has 0 aliphatic rings. The zero-order chi connectivity index (χ0) is 13.1. The second kappa shape index (κ2) is 4.82. The molecule has 7 heteroatoms. The van der Waals surface area contributed by atoms with Gasteiger partial charge in [0.1, 0.15) is 17.4 Å². The van der Waals surface area contributed by atoms with Crippen molar-refractivity contribution in [3.63, 3.8) is 0 Å². The molecular formula is C11H11FN4O2. The highest BCUT2D eigenvalue weighted by molar-refractivity contribution is 6.06. The molecule has 1 amide bonds. The summed E-state index contributed by atoms with van der Waals surface area (Å²) < 4.78 is 17.9. The maximum Gasteiger partial charge on any atom is 0.260 e. The van der Waals surface area contributed by atoms with Crippen molar-refractivity contribution >= 4 is 17.5 Å². The standard InChI is InChI=1S/C11H11FN4O2/c1-6-3-9(16-18-6)15-11(17)8-4-7(12)5-14-10(8)13-2/h3-5H,1-2H3,(H,13,14)(H,15,16,17). The molecule has 2 heterocycles. The van der Waals surface area contributed by atoms with Crippen LogP contribution in [0.2, 0.25) is 0 Å². The lowest BCUT2D eigenvalue weighted by atomic mass is 10.2. The highest BCUT2D eigenvalue weighted by atomic mass is 19.1. The fraction of sp³-hybridized carbons (Fsp3) is 0.182. The monoisotopic (exact) mass is 250 g/mol. The first-order valence-electron chi connectivity index (χ1n) is 5.18. The number of carbonyl (C=O) groups is 1. The fourth-order valence-electron chi connectivity index (χ4n) is 1.42. The van der Waals surface area contributed by atoms with E-state index in [1.165, 1.54) is 0 Å². The van der Waals surface area contributed by atoms with Crippen LogP contribution in [0, 0.1) is 12.7 Å². The molecule has 0 radical (unpaired) electrons. The highest BCUT2D eigenvalue weighted by Gasteiger charge is 2.14. The number of anilines is 2. The molecule has 18 heavy (non-hydrogen) atoms. The van der Waals surface area contributed by atoms with Crippen molar-refractivity contribution < 1.29 is 13.7 Å². The predicted molar refractivity (Wildman–Crippen MR) is 62.9 cm³/mol. The zero-order valence-corrected chi connectivity index (χ0v) is 9.82. The molecule has 0 bridgehead atoms. The van der Waals surface area contributed by atoms with Gasteiger partial charge in [0.15, 0.2) is 5.82 Å². The van der Waals surface area contributed by atoms with E-state index in [9.17, 15) is 9.18 Å². The van der Waals surface area contributed by atoms with Crippen LogP contribution < -0.4 is 10.6 Å². The maximum absolute atomic E-state index is 13.1. The Balaban J connectivity index is 2.25. The van der Waals surface area contributed by atoms with Crippen LogP contribution >= 0.6 is 0 Å². The summed E-state index contributed by atoms with van der Waals surface area (Å²) in [6.45, 7) is 1.70. The Hall–Kier alpha value is -2.44. The van der Waals surface area contributed by atoms with Gasteiger partial charge in [0.25, 0.3) is 5.91 Å². The number of halogens is 1. The summed E-state index contributed by atoms with van der Waals surface area (Å²) in [5.41, 5.74) is 0.0955. The van der Waals surface area contributed by atoms with E-state index in [2.05, 4.69) is 20.8 Å². The molecule has 0 aliphatic carbocycles. The largest absolute Gasteiger partial charge is 0.372 e. The number of nitrogens with zero attached hydrogens (tertiary/aromatic N) is 2. The van der Waals surface area contributed by atoms with E-state index >= 15 is 0 Å². The van der Waals surface area contributed by atoms with E-state index in [-0.39, 0.29) is 17.2 Å². The lowest BCUT2D eigenvalue weighted by Crippen LogP contribution is -2.15. The molecular weight excluding hydrogens is 239 g/mol. The van der Waals surface area contributed by atoms with Gasteiger partial charge in [0.05, 0.1) is 11.8 Å². The molecule has 2 N–H and O–H groups in total. The molecule has 0 fully saturated rings. The number of hydrogen-bond acceptors (Lipinski definition) is 5. The van der Waals surface area contributed by atoms with Crippen LogP contribution in [0.4, 0.5) is 16.0 Å². The van der Waals surface area contributed by atoms with Crippen molar-refractivity contribution in [2.75, 3.05) is 17.7 Å². The first-order chi connectivity index (χ1) is 8.60. The van der Waals surface area contributed by atoms with Crippen molar-refractivity contribution in [1.82, 2.24) is 10.1 Å². The Bertz CT molecular complexity index is 582. The molecule has 0 saturated heterocycles. The zero-order valence-electron chi connectivity index (χ0n) is 9.82. The summed E-state index contributed by atoms with van der Waals surface area (Å²) in [6, 6.07) is 2.66. The van der Waals surface area contributed by atoms with Crippen LogP contribution in [0.1, 0.15) is 16.1 Å². The average Bonchev–Trinajstić information content (AvgIpc) is 2.74. The third-order valence-corrected chi connectivity index (χ3v) is 2.21. The molecule has 2 rings (SSSR count). The van der Waals surface area contributed by atoms with E-state index in [0.717, 1.165) is 12.3 Å². The Morgan fingerprint density at radius 1 is 1.44 bits per heavy atom. The van der Waals surface area contributed by atoms with Crippen molar-refractivity contribution in [3.05, 3.63) is 35.5 Å². The quantitative estimate of drug-likeness (QED) is 0.868. The second-order valence-corrected chi connectivity index (χ2v) is 3.58. The maximum atomic E-state index is 13.1. The van der Waals surface area contributed by atoms with Gasteiger partial charge in [0, 0.05) is 13.1 Å². The van der Waals surface area contributed by atoms with Gasteiger partial charge in [-0.25, -0.2) is 9.37 Å². The van der Waals surface area contributed by atoms with Crippen LogP contribution in [0.5, 0.6) is 0 Å². The van der Waals surface area contributed by atoms with E-state index in [1.54, 1.807) is 20.0 Å². The number of amides is 1. The van der Waals surface area contributed by atoms with E-state index < -0.39 is 11.7 Å². The third kappa shape index (κ3) is 2.45. The highest BCUT2D eigenvalue weighted by Crippen LogP contribution is 2.15. The molecule has 2 aromatic rings. The van der Waals surface area contributed by atoms with Gasteiger partial charge in [-0.05, 0) is 13.0 Å². The van der Waals surface area contributed by atoms with Crippen molar-refractivity contribution in [3.8, 4) is 0 Å². The van der Waals surface area contributed by atoms with Crippen LogP contribution in [0.15, 0.2) is 22.9 Å². The average molecular weight is 250 g/mol. The Morgan fingerprint density at radius 3 is 2.83 bits per heavy atom. The normalized spacial score (nSPS) is 10.2. The van der Waals surface area contributed by atoms with Crippen LogP contribution in [0.25, 0.3) is 0 Å². The minimum atomic E-state index is -0.588. The van der Waals surface area contributed by atoms with E-state index in [0.29, 0.717) is 5.76 Å². The van der Waals surface area contributed by atoms with Gasteiger partial charge in [0.2, 0.25) is 0 Å². The molecule has 0 saturated carbocycles. The van der Waals surface area contributed by atoms with Gasteiger partial charge in [-0.2, -0.15) is 0 Å². The van der Waals surface area contributed by atoms with Gasteiger partial charge >= 0.3 is 0 Å². The second-order valence-electron chi connectivity index (χ2n) is 3.58. The number of pyridine rings is 1. The van der Waals surface area contributed by atoms with Crippen molar-refractivity contribution in [2.24, 2.45) is 0 Å². The van der Waals surface area contributed by atoms with Crippen LogP contribution in [0.3, 0.4) is 0 Å². The Morgan fingerprint density at radius 2 is 2.22 bits per heavy atom. The smallest absolute Gasteiger partial charge is 0.260 e. The lowest BCUT2D eigenvalue weighted by Gasteiger charge is -2.06. The molecule has 2 aromatic heterocycles. The number of aromatic nitrogens is 2. The topological polar surface area (TPSA) is 80.0 Å². The predicted octanol–water partition coefficient (Wildman–Crippen LogP) is 1.81. The summed E-state index contributed by atoms with van der Waals surface area (Å²) >= 11 is 0. The SMILES string of the molecule is CNc1ncc(F)cc1C(=O)Nc1cc(C)on1. The van der Waals surface area contributed by atoms with Gasteiger partial charge in [-0.3, -0.25) is 4.79 Å². The third-order valence-electron chi connectivity index (χ3n) is 2.21. The molecule has 0 spiro atoms. The minimum Gasteiger partial charge on any atom is -0.372 e. The van der Waals surface area contributed by atoms with Gasteiger partial charge in [-0.15, -0.1) is 0 Å². The number of hydrogen-bond donors (Lipinski definition) is 2. The molecule has 94 valence electrons. The van der Waals surface area contributed by atoms with Crippen LogP contribution in [-0.2, 0) is 0 Å². The number of aryl methyl sites for hydroxylation is 1. The van der Waals surface area contributed by atoms with Crippen molar-refractivity contribution in [1.29, 1.82) is 0 Å². The molecule has 0 aliphatic heterocycles. The lowest BCUT2D eigenvalue weighted by molar-refractivity contribution is 0.102. The number of nitrogens with one attached hydrogen (secondary N) is 2. The fourth-order valence-corrected chi connectivity index (χ4v) is 1.42. The summed E-state index contributed by atoms with van der Waals surface area (Å²) in [5, 5.41) is 8.82. The number of rotatable bonds is 3. The minimum absolute atomic E-state index is 0.0955. The van der Waals surface area contributed by atoms with Gasteiger partial charge in [-0.1, -0.05) is 5.16 Å². The van der Waals surface area contributed by atoms with E-state index in [4.69, 9.17) is 4.52 Å².